The van der Waals surface area contributed by atoms with E-state index in [1.54, 1.807) is 0 Å². The summed E-state index contributed by atoms with van der Waals surface area (Å²) in [5.41, 5.74) is 0.272. The molecule has 1 amide bonds. The van der Waals surface area contributed by atoms with Gasteiger partial charge in [0.1, 0.15) is 0 Å². The molecule has 0 aliphatic rings. The number of ether oxygens (including phenoxy) is 1. The molecular formula is C16H18N2O6S. The van der Waals surface area contributed by atoms with Crippen molar-refractivity contribution in [1.29, 1.82) is 0 Å². The highest BCUT2D eigenvalue weighted by molar-refractivity contribution is 7.89. The molecule has 0 spiro atoms. The van der Waals surface area contributed by atoms with Gasteiger partial charge in [-0.05, 0) is 37.3 Å². The Bertz CT molecular complexity index is 859. The lowest BCUT2D eigenvalue weighted by molar-refractivity contribution is -0.123. The molecule has 0 radical (unpaired) electrons. The maximum atomic E-state index is 12.1. The van der Waals surface area contributed by atoms with Crippen LogP contribution in [0.1, 0.15) is 17.5 Å². The second kappa shape index (κ2) is 7.49. The SMILES string of the molecule is C[C@H](OC(=O)c1ccco1)C(=O)Nc1cccc(S(=O)(=O)N(C)C)c1. The van der Waals surface area contributed by atoms with Crippen molar-refractivity contribution in [1.82, 2.24) is 4.31 Å². The van der Waals surface area contributed by atoms with Gasteiger partial charge in [0, 0.05) is 19.8 Å². The molecule has 0 fully saturated rings. The lowest BCUT2D eigenvalue weighted by Gasteiger charge is -2.15. The molecule has 0 aliphatic heterocycles. The Hall–Kier alpha value is -2.65. The molecule has 1 aromatic heterocycles. The Morgan fingerprint density at radius 1 is 1.20 bits per heavy atom. The van der Waals surface area contributed by atoms with Crippen molar-refractivity contribution in [2.75, 3.05) is 19.4 Å². The molecule has 0 aliphatic carbocycles. The summed E-state index contributed by atoms with van der Waals surface area (Å²) in [6.45, 7) is 1.40. The molecule has 1 atom stereocenters. The highest BCUT2D eigenvalue weighted by atomic mass is 32.2. The number of esters is 1. The second-order valence-electron chi connectivity index (χ2n) is 5.33. The van der Waals surface area contributed by atoms with Crippen LogP contribution in [0.25, 0.3) is 0 Å². The minimum Gasteiger partial charge on any atom is -0.457 e. The first-order chi connectivity index (χ1) is 11.7. The average molecular weight is 366 g/mol. The van der Waals surface area contributed by atoms with E-state index in [1.807, 2.05) is 0 Å². The first-order valence-electron chi connectivity index (χ1n) is 7.30. The number of hydrogen-bond donors (Lipinski definition) is 1. The van der Waals surface area contributed by atoms with Crippen LogP contribution in [-0.4, -0.2) is 44.8 Å². The summed E-state index contributed by atoms with van der Waals surface area (Å²) in [5.74, 6) is -1.38. The van der Waals surface area contributed by atoms with E-state index >= 15 is 0 Å². The van der Waals surface area contributed by atoms with Gasteiger partial charge in [0.15, 0.2) is 6.10 Å². The minimum absolute atomic E-state index is 0.0151. The zero-order valence-corrected chi connectivity index (χ0v) is 14.7. The van der Waals surface area contributed by atoms with E-state index in [4.69, 9.17) is 9.15 Å². The number of carbonyl (C=O) groups is 2. The molecule has 0 unspecified atom stereocenters. The first kappa shape index (κ1) is 18.7. The minimum atomic E-state index is -3.62. The zero-order valence-electron chi connectivity index (χ0n) is 13.9. The van der Waals surface area contributed by atoms with Gasteiger partial charge in [-0.1, -0.05) is 6.07 Å². The van der Waals surface area contributed by atoms with E-state index in [9.17, 15) is 18.0 Å². The number of amides is 1. The summed E-state index contributed by atoms with van der Waals surface area (Å²) in [5, 5.41) is 2.51. The average Bonchev–Trinajstić information content (AvgIpc) is 3.09. The van der Waals surface area contributed by atoms with Gasteiger partial charge in [-0.25, -0.2) is 17.5 Å². The predicted molar refractivity (Wildman–Crippen MR) is 89.5 cm³/mol. The number of anilines is 1. The lowest BCUT2D eigenvalue weighted by atomic mass is 10.3. The molecule has 134 valence electrons. The number of sulfonamides is 1. The van der Waals surface area contributed by atoms with E-state index in [1.165, 1.54) is 63.7 Å². The molecule has 8 nitrogen and oxygen atoms in total. The number of nitrogens with zero attached hydrogens (tertiary/aromatic N) is 1. The summed E-state index contributed by atoms with van der Waals surface area (Å²) < 4.78 is 35.2. The van der Waals surface area contributed by atoms with Crippen molar-refractivity contribution in [3.05, 3.63) is 48.4 Å². The summed E-state index contributed by atoms with van der Waals surface area (Å²) in [6, 6.07) is 8.74. The van der Waals surface area contributed by atoms with E-state index in [0.29, 0.717) is 0 Å². The standard InChI is InChI=1S/C16H18N2O6S/c1-11(24-16(20)14-8-5-9-23-14)15(19)17-12-6-4-7-13(10-12)25(21,22)18(2)3/h4-11H,1-3H3,(H,17,19)/t11-/m0/s1. The first-order valence-corrected chi connectivity index (χ1v) is 8.74. The van der Waals surface area contributed by atoms with E-state index < -0.39 is 28.0 Å². The van der Waals surface area contributed by atoms with E-state index in [-0.39, 0.29) is 16.3 Å². The van der Waals surface area contributed by atoms with Gasteiger partial charge in [0.25, 0.3) is 5.91 Å². The smallest absolute Gasteiger partial charge is 0.374 e. The van der Waals surface area contributed by atoms with Crippen LogP contribution in [0.4, 0.5) is 5.69 Å². The van der Waals surface area contributed by atoms with Crippen LogP contribution in [-0.2, 0) is 19.6 Å². The van der Waals surface area contributed by atoms with Crippen LogP contribution in [0.3, 0.4) is 0 Å². The fourth-order valence-corrected chi connectivity index (χ4v) is 2.80. The van der Waals surface area contributed by atoms with Gasteiger partial charge in [-0.15, -0.1) is 0 Å². The number of carbonyl (C=O) groups excluding carboxylic acids is 2. The Morgan fingerprint density at radius 2 is 1.92 bits per heavy atom. The normalized spacial score (nSPS) is 12.6. The molecule has 1 heterocycles. The third-order valence-corrected chi connectivity index (χ3v) is 5.07. The fraction of sp³-hybridized carbons (Fsp3) is 0.250. The molecule has 25 heavy (non-hydrogen) atoms. The zero-order chi connectivity index (χ0) is 18.6. The van der Waals surface area contributed by atoms with Gasteiger partial charge in [0.05, 0.1) is 11.2 Å². The van der Waals surface area contributed by atoms with Crippen LogP contribution in [0.5, 0.6) is 0 Å². The van der Waals surface area contributed by atoms with E-state index in [2.05, 4.69) is 5.32 Å². The lowest BCUT2D eigenvalue weighted by Crippen LogP contribution is -2.30. The van der Waals surface area contributed by atoms with Gasteiger partial charge in [0.2, 0.25) is 15.8 Å². The summed E-state index contributed by atoms with van der Waals surface area (Å²) >= 11 is 0. The van der Waals surface area contributed by atoms with Gasteiger partial charge < -0.3 is 14.5 Å². The number of rotatable bonds is 6. The monoisotopic (exact) mass is 366 g/mol. The molecule has 1 aromatic carbocycles. The van der Waals surface area contributed by atoms with Gasteiger partial charge in [-0.3, -0.25) is 4.79 Å². The summed E-state index contributed by atoms with van der Waals surface area (Å²) in [6.07, 6.45) is 0.226. The number of furan rings is 1. The number of benzene rings is 1. The molecule has 0 bridgehead atoms. The van der Waals surface area contributed by atoms with Gasteiger partial charge >= 0.3 is 5.97 Å². The van der Waals surface area contributed by atoms with Crippen molar-refractivity contribution in [3.8, 4) is 0 Å². The third kappa shape index (κ3) is 4.46. The maximum absolute atomic E-state index is 12.1. The van der Waals surface area contributed by atoms with Crippen LogP contribution in [0.15, 0.2) is 52.0 Å². The summed E-state index contributed by atoms with van der Waals surface area (Å²) in [4.78, 5) is 23.9. The molecule has 9 heteroatoms. The van der Waals surface area contributed by atoms with Crippen LogP contribution < -0.4 is 5.32 Å². The molecule has 2 aromatic rings. The van der Waals surface area contributed by atoms with Crippen molar-refractivity contribution in [2.45, 2.75) is 17.9 Å². The quantitative estimate of drug-likeness (QED) is 0.780. The molecular weight excluding hydrogens is 348 g/mol. The fourth-order valence-electron chi connectivity index (χ4n) is 1.86. The van der Waals surface area contributed by atoms with Crippen molar-refractivity contribution >= 4 is 27.6 Å². The van der Waals surface area contributed by atoms with Crippen LogP contribution >= 0.6 is 0 Å². The van der Waals surface area contributed by atoms with E-state index in [0.717, 1.165) is 4.31 Å². The third-order valence-electron chi connectivity index (χ3n) is 3.26. The topological polar surface area (TPSA) is 106 Å². The highest BCUT2D eigenvalue weighted by Gasteiger charge is 2.22. The molecule has 1 N–H and O–H groups in total. The van der Waals surface area contributed by atoms with Crippen LogP contribution in [0.2, 0.25) is 0 Å². The van der Waals surface area contributed by atoms with Crippen molar-refractivity contribution in [3.63, 3.8) is 0 Å². The number of hydrogen-bond acceptors (Lipinski definition) is 6. The van der Waals surface area contributed by atoms with Gasteiger partial charge in [-0.2, -0.15) is 0 Å². The Morgan fingerprint density at radius 3 is 2.52 bits per heavy atom. The highest BCUT2D eigenvalue weighted by Crippen LogP contribution is 2.18. The Kier molecular flexibility index (Phi) is 5.60. The number of nitrogens with one attached hydrogen (secondary N) is 1. The summed E-state index contributed by atoms with van der Waals surface area (Å²) in [7, 11) is -0.793. The van der Waals surface area contributed by atoms with Crippen LogP contribution in [0, 0.1) is 0 Å². The Balaban J connectivity index is 2.06. The van der Waals surface area contributed by atoms with Crippen molar-refractivity contribution < 1.29 is 27.2 Å². The largest absolute Gasteiger partial charge is 0.457 e. The molecule has 0 saturated heterocycles. The Labute approximate surface area is 145 Å². The second-order valence-corrected chi connectivity index (χ2v) is 7.48. The maximum Gasteiger partial charge on any atom is 0.374 e. The molecule has 0 saturated carbocycles. The predicted octanol–water partition coefficient (Wildman–Crippen LogP) is 1.71. The molecule has 2 rings (SSSR count). The van der Waals surface area contributed by atoms with Crippen molar-refractivity contribution in [2.24, 2.45) is 0 Å².